The fourth-order valence-corrected chi connectivity index (χ4v) is 3.91. The van der Waals surface area contributed by atoms with Gasteiger partial charge in [0.2, 0.25) is 0 Å². The number of benzene rings is 3. The van der Waals surface area contributed by atoms with E-state index >= 15 is 0 Å². The highest BCUT2D eigenvalue weighted by atomic mass is 79.9. The van der Waals surface area contributed by atoms with E-state index in [9.17, 15) is 8.78 Å². The van der Waals surface area contributed by atoms with Crippen molar-refractivity contribution in [3.05, 3.63) is 88.4 Å². The summed E-state index contributed by atoms with van der Waals surface area (Å²) in [6.45, 7) is 1.59. The van der Waals surface area contributed by atoms with Crippen LogP contribution in [0.1, 0.15) is 44.2 Å². The second-order valence-electron chi connectivity index (χ2n) is 7.87. The van der Waals surface area contributed by atoms with E-state index in [1.807, 2.05) is 48.5 Å². The standard InChI is InChI=1S/C26H27BrF2O2/c1-3-26(2,20-9-13-23(14-10-20)31-25(28)29)17-5-7-19-6-4-8-24(18-19)30-22-15-11-21(27)12-16-22/h4,6,8-16,18,25H,3,5,7,17H2,1-2H3. The number of ether oxygens (including phenoxy) is 2. The maximum Gasteiger partial charge on any atom is 0.387 e. The van der Waals surface area contributed by atoms with Crippen LogP contribution in [0.4, 0.5) is 8.78 Å². The van der Waals surface area contributed by atoms with Crippen LogP contribution in [0.5, 0.6) is 17.2 Å². The highest BCUT2D eigenvalue weighted by Gasteiger charge is 2.24. The van der Waals surface area contributed by atoms with Crippen molar-refractivity contribution in [1.82, 2.24) is 0 Å². The lowest BCUT2D eigenvalue weighted by molar-refractivity contribution is -0.0498. The van der Waals surface area contributed by atoms with Crippen molar-refractivity contribution >= 4 is 15.9 Å². The first-order valence-electron chi connectivity index (χ1n) is 10.5. The Bertz CT molecular complexity index is 958. The molecule has 0 fully saturated rings. The smallest absolute Gasteiger partial charge is 0.387 e. The third-order valence-electron chi connectivity index (χ3n) is 5.70. The molecule has 164 valence electrons. The molecule has 0 heterocycles. The van der Waals surface area contributed by atoms with Gasteiger partial charge in [-0.1, -0.05) is 54.0 Å². The lowest BCUT2D eigenvalue weighted by Gasteiger charge is -2.29. The Balaban J connectivity index is 1.59. The van der Waals surface area contributed by atoms with Crippen molar-refractivity contribution < 1.29 is 18.3 Å². The van der Waals surface area contributed by atoms with Crippen LogP contribution in [0.3, 0.4) is 0 Å². The summed E-state index contributed by atoms with van der Waals surface area (Å²) in [5, 5.41) is 0. The lowest BCUT2D eigenvalue weighted by Crippen LogP contribution is -2.21. The van der Waals surface area contributed by atoms with Gasteiger partial charge in [0, 0.05) is 4.47 Å². The molecule has 0 bridgehead atoms. The molecule has 31 heavy (non-hydrogen) atoms. The molecule has 0 aromatic heterocycles. The van der Waals surface area contributed by atoms with Gasteiger partial charge < -0.3 is 9.47 Å². The van der Waals surface area contributed by atoms with Gasteiger partial charge in [0.05, 0.1) is 0 Å². The van der Waals surface area contributed by atoms with E-state index in [-0.39, 0.29) is 11.2 Å². The van der Waals surface area contributed by atoms with Crippen LogP contribution in [-0.2, 0) is 11.8 Å². The molecule has 0 radical (unpaired) electrons. The predicted molar refractivity (Wildman–Crippen MR) is 124 cm³/mol. The summed E-state index contributed by atoms with van der Waals surface area (Å²) in [5.41, 5.74) is 2.35. The fourth-order valence-electron chi connectivity index (χ4n) is 3.65. The van der Waals surface area contributed by atoms with Gasteiger partial charge in [-0.15, -0.1) is 0 Å². The summed E-state index contributed by atoms with van der Waals surface area (Å²) < 4.78 is 36.2. The molecule has 0 N–H and O–H groups in total. The molecule has 1 atom stereocenters. The first-order chi connectivity index (χ1) is 14.9. The molecule has 5 heteroatoms. The predicted octanol–water partition coefficient (Wildman–Crippen LogP) is 8.53. The topological polar surface area (TPSA) is 18.5 Å². The van der Waals surface area contributed by atoms with Gasteiger partial charge in [0.25, 0.3) is 0 Å². The van der Waals surface area contributed by atoms with Crippen molar-refractivity contribution in [3.8, 4) is 17.2 Å². The SMILES string of the molecule is CCC(C)(CCCc1cccc(Oc2ccc(Br)cc2)c1)c1ccc(OC(F)F)cc1. The van der Waals surface area contributed by atoms with Gasteiger partial charge in [-0.3, -0.25) is 0 Å². The van der Waals surface area contributed by atoms with Crippen LogP contribution >= 0.6 is 15.9 Å². The van der Waals surface area contributed by atoms with Crippen LogP contribution in [0.15, 0.2) is 77.3 Å². The summed E-state index contributed by atoms with van der Waals surface area (Å²) in [4.78, 5) is 0. The molecule has 0 aliphatic carbocycles. The molecule has 0 saturated carbocycles. The molecule has 1 unspecified atom stereocenters. The summed E-state index contributed by atoms with van der Waals surface area (Å²) in [6, 6.07) is 23.0. The van der Waals surface area contributed by atoms with Crippen molar-refractivity contribution in [1.29, 1.82) is 0 Å². The second kappa shape index (κ2) is 10.8. The number of hydrogen-bond donors (Lipinski definition) is 0. The van der Waals surface area contributed by atoms with E-state index in [0.717, 1.165) is 47.2 Å². The minimum Gasteiger partial charge on any atom is -0.457 e. The summed E-state index contributed by atoms with van der Waals surface area (Å²) in [6.07, 6.45) is 3.92. The van der Waals surface area contributed by atoms with E-state index in [0.29, 0.717) is 0 Å². The Hall–Kier alpha value is -2.40. The van der Waals surface area contributed by atoms with Gasteiger partial charge in [-0.2, -0.15) is 8.78 Å². The summed E-state index contributed by atoms with van der Waals surface area (Å²) >= 11 is 3.43. The van der Waals surface area contributed by atoms with E-state index < -0.39 is 6.61 Å². The van der Waals surface area contributed by atoms with Crippen molar-refractivity contribution in [3.63, 3.8) is 0 Å². The molecular weight excluding hydrogens is 462 g/mol. The number of rotatable bonds is 10. The quantitative estimate of drug-likeness (QED) is 0.284. The number of halogens is 3. The Morgan fingerprint density at radius 1 is 0.903 bits per heavy atom. The van der Waals surface area contributed by atoms with Gasteiger partial charge in [-0.25, -0.2) is 0 Å². The average Bonchev–Trinajstić information content (AvgIpc) is 2.75. The molecule has 0 amide bonds. The van der Waals surface area contributed by atoms with Crippen LogP contribution in [0.25, 0.3) is 0 Å². The van der Waals surface area contributed by atoms with Crippen molar-refractivity contribution in [2.45, 2.75) is 51.6 Å². The van der Waals surface area contributed by atoms with Crippen molar-refractivity contribution in [2.24, 2.45) is 0 Å². The first-order valence-corrected chi connectivity index (χ1v) is 11.2. The Labute approximate surface area is 191 Å². The maximum absolute atomic E-state index is 12.4. The van der Waals surface area contributed by atoms with E-state index in [1.54, 1.807) is 12.1 Å². The zero-order chi connectivity index (χ0) is 22.3. The molecule has 3 rings (SSSR count). The van der Waals surface area contributed by atoms with Gasteiger partial charge in [0.15, 0.2) is 0 Å². The van der Waals surface area contributed by atoms with E-state index in [1.165, 1.54) is 5.56 Å². The van der Waals surface area contributed by atoms with Crippen LogP contribution in [-0.4, -0.2) is 6.61 Å². The van der Waals surface area contributed by atoms with E-state index in [2.05, 4.69) is 46.6 Å². The highest BCUT2D eigenvalue weighted by molar-refractivity contribution is 9.10. The Kier molecular flexibility index (Phi) is 8.08. The Morgan fingerprint density at radius 2 is 1.58 bits per heavy atom. The van der Waals surface area contributed by atoms with Crippen molar-refractivity contribution in [2.75, 3.05) is 0 Å². The number of alkyl halides is 2. The third-order valence-corrected chi connectivity index (χ3v) is 6.23. The maximum atomic E-state index is 12.4. The zero-order valence-electron chi connectivity index (χ0n) is 17.8. The molecule has 0 spiro atoms. The van der Waals surface area contributed by atoms with Gasteiger partial charge >= 0.3 is 6.61 Å². The van der Waals surface area contributed by atoms with Crippen LogP contribution in [0.2, 0.25) is 0 Å². The minimum atomic E-state index is -2.80. The average molecular weight is 489 g/mol. The largest absolute Gasteiger partial charge is 0.457 e. The zero-order valence-corrected chi connectivity index (χ0v) is 19.4. The molecular formula is C26H27BrF2O2. The summed E-state index contributed by atoms with van der Waals surface area (Å²) in [7, 11) is 0. The minimum absolute atomic E-state index is 0.0190. The highest BCUT2D eigenvalue weighted by Crippen LogP contribution is 2.34. The van der Waals surface area contributed by atoms with Crippen LogP contribution in [0, 0.1) is 0 Å². The monoisotopic (exact) mass is 488 g/mol. The number of hydrogen-bond acceptors (Lipinski definition) is 2. The molecule has 0 saturated heterocycles. The third kappa shape index (κ3) is 6.79. The normalized spacial score (nSPS) is 13.1. The molecule has 3 aromatic rings. The number of aryl methyl sites for hydroxylation is 1. The first kappa shape index (κ1) is 23.3. The molecule has 2 nitrogen and oxygen atoms in total. The molecule has 0 aliphatic rings. The fraction of sp³-hybridized carbons (Fsp3) is 0.308. The van der Waals surface area contributed by atoms with Gasteiger partial charge in [-0.05, 0) is 90.8 Å². The Morgan fingerprint density at radius 3 is 2.23 bits per heavy atom. The molecule has 0 aliphatic heterocycles. The molecule has 3 aromatic carbocycles. The lowest BCUT2D eigenvalue weighted by atomic mass is 9.76. The van der Waals surface area contributed by atoms with E-state index in [4.69, 9.17) is 4.74 Å². The van der Waals surface area contributed by atoms with Gasteiger partial charge in [0.1, 0.15) is 17.2 Å². The van der Waals surface area contributed by atoms with Crippen LogP contribution < -0.4 is 9.47 Å². The second-order valence-corrected chi connectivity index (χ2v) is 8.79. The summed E-state index contributed by atoms with van der Waals surface area (Å²) in [5.74, 6) is 1.82.